The first-order chi connectivity index (χ1) is 12.8. The van der Waals surface area contributed by atoms with Gasteiger partial charge in [-0.2, -0.15) is 4.31 Å². The highest BCUT2D eigenvalue weighted by Crippen LogP contribution is 2.27. The van der Waals surface area contributed by atoms with Gasteiger partial charge in [-0.3, -0.25) is 4.79 Å². The van der Waals surface area contributed by atoms with Crippen molar-refractivity contribution >= 4 is 15.9 Å². The van der Waals surface area contributed by atoms with Gasteiger partial charge < -0.3 is 10.2 Å². The van der Waals surface area contributed by atoms with Crippen LogP contribution in [0.1, 0.15) is 54.9 Å². The third-order valence-electron chi connectivity index (χ3n) is 5.98. The van der Waals surface area contributed by atoms with Gasteiger partial charge in [0.15, 0.2) is 0 Å². The van der Waals surface area contributed by atoms with Crippen molar-refractivity contribution in [3.05, 3.63) is 29.3 Å². The van der Waals surface area contributed by atoms with Gasteiger partial charge in [-0.05, 0) is 64.3 Å². The van der Waals surface area contributed by atoms with Crippen LogP contribution in [-0.4, -0.2) is 62.3 Å². The number of hydrogen-bond acceptors (Lipinski definition) is 4. The van der Waals surface area contributed by atoms with E-state index in [9.17, 15) is 13.2 Å². The molecule has 1 unspecified atom stereocenters. The summed E-state index contributed by atoms with van der Waals surface area (Å²) >= 11 is 0. The molecule has 0 radical (unpaired) electrons. The van der Waals surface area contributed by atoms with Crippen molar-refractivity contribution in [1.82, 2.24) is 14.5 Å². The Morgan fingerprint density at radius 1 is 1.11 bits per heavy atom. The smallest absolute Gasteiger partial charge is 0.254 e. The van der Waals surface area contributed by atoms with E-state index in [0.29, 0.717) is 31.2 Å². The minimum Gasteiger partial charge on any atom is -0.339 e. The Labute approximate surface area is 163 Å². The zero-order valence-electron chi connectivity index (χ0n) is 16.6. The number of piperidine rings is 2. The molecule has 0 saturated carbocycles. The lowest BCUT2D eigenvalue weighted by molar-refractivity contribution is 0.0706. The second-order valence-corrected chi connectivity index (χ2v) is 9.68. The van der Waals surface area contributed by atoms with Crippen LogP contribution in [0.15, 0.2) is 23.1 Å². The van der Waals surface area contributed by atoms with Crippen molar-refractivity contribution < 1.29 is 13.2 Å². The predicted molar refractivity (Wildman–Crippen MR) is 106 cm³/mol. The maximum absolute atomic E-state index is 13.1. The Balaban J connectivity index is 1.85. The Hall–Kier alpha value is -1.44. The zero-order chi connectivity index (χ0) is 19.6. The summed E-state index contributed by atoms with van der Waals surface area (Å²) in [6.07, 6.45) is 4.68. The van der Waals surface area contributed by atoms with Crippen LogP contribution in [0.3, 0.4) is 0 Å². The maximum atomic E-state index is 13.1. The van der Waals surface area contributed by atoms with Gasteiger partial charge in [0.25, 0.3) is 5.91 Å². The molecule has 0 aliphatic carbocycles. The van der Waals surface area contributed by atoms with Crippen LogP contribution in [0.2, 0.25) is 0 Å². The number of carbonyl (C=O) groups is 1. The fraction of sp³-hybridized carbons (Fsp3) is 0.650. The lowest BCUT2D eigenvalue weighted by Gasteiger charge is -2.33. The number of benzene rings is 1. The molecular formula is C20H31N3O3S. The number of sulfonamides is 1. The summed E-state index contributed by atoms with van der Waals surface area (Å²) in [5, 5.41) is 3.26. The number of nitrogens with one attached hydrogen (secondary N) is 1. The Morgan fingerprint density at radius 3 is 2.44 bits per heavy atom. The van der Waals surface area contributed by atoms with E-state index in [-0.39, 0.29) is 16.8 Å². The molecule has 1 atom stereocenters. The van der Waals surface area contributed by atoms with Crippen molar-refractivity contribution in [2.24, 2.45) is 0 Å². The highest BCUT2D eigenvalue weighted by molar-refractivity contribution is 7.89. The largest absolute Gasteiger partial charge is 0.339 e. The molecule has 150 valence electrons. The summed E-state index contributed by atoms with van der Waals surface area (Å²) < 4.78 is 27.9. The monoisotopic (exact) mass is 393 g/mol. The van der Waals surface area contributed by atoms with Crippen LogP contribution in [0.25, 0.3) is 0 Å². The highest BCUT2D eigenvalue weighted by atomic mass is 32.2. The molecule has 2 heterocycles. The van der Waals surface area contributed by atoms with Crippen molar-refractivity contribution in [2.75, 3.05) is 26.7 Å². The maximum Gasteiger partial charge on any atom is 0.254 e. The summed E-state index contributed by atoms with van der Waals surface area (Å²) in [5.41, 5.74) is 1.32. The normalized spacial score (nSPS) is 22.8. The number of amides is 1. The van der Waals surface area contributed by atoms with Crippen molar-refractivity contribution in [1.29, 1.82) is 0 Å². The molecule has 0 bridgehead atoms. The summed E-state index contributed by atoms with van der Waals surface area (Å²) in [7, 11) is -1.63. The summed E-state index contributed by atoms with van der Waals surface area (Å²) in [4.78, 5) is 15.1. The Kier molecular flexibility index (Phi) is 6.23. The topological polar surface area (TPSA) is 69.7 Å². The van der Waals surface area contributed by atoms with Crippen LogP contribution >= 0.6 is 0 Å². The molecule has 1 N–H and O–H groups in total. The first kappa shape index (κ1) is 20.3. The molecule has 3 rings (SSSR count). The van der Waals surface area contributed by atoms with E-state index in [1.54, 1.807) is 22.5 Å². The average Bonchev–Trinajstić information content (AvgIpc) is 2.68. The number of nitrogens with zero attached hydrogens (tertiary/aromatic N) is 2. The summed E-state index contributed by atoms with van der Waals surface area (Å²) in [5.74, 6) is -0.0641. The number of likely N-dealkylation sites (tertiary alicyclic amines) is 1. The number of hydrogen-bond donors (Lipinski definition) is 1. The molecule has 2 aliphatic heterocycles. The third-order valence-corrected chi connectivity index (χ3v) is 7.99. The van der Waals surface area contributed by atoms with Crippen LogP contribution in [0.4, 0.5) is 0 Å². The number of carbonyl (C=O) groups excluding carboxylic acids is 1. The van der Waals surface area contributed by atoms with Crippen molar-refractivity contribution in [3.63, 3.8) is 0 Å². The van der Waals surface area contributed by atoms with Gasteiger partial charge >= 0.3 is 0 Å². The SMILES string of the molecule is CNC1CCN(C(=O)c2cc(S(=O)(=O)N3CCCCC3C)ccc2C)CC1. The van der Waals surface area contributed by atoms with Gasteiger partial charge in [0.2, 0.25) is 10.0 Å². The standard InChI is InChI=1S/C20H31N3O3S/c1-15-7-8-18(27(25,26)23-11-5-4-6-16(23)2)14-19(15)20(24)22-12-9-17(21-3)10-13-22/h7-8,14,16-17,21H,4-6,9-13H2,1-3H3. The van der Waals surface area contributed by atoms with Gasteiger partial charge in [-0.25, -0.2) is 8.42 Å². The highest BCUT2D eigenvalue weighted by Gasteiger charge is 2.32. The molecule has 1 aromatic carbocycles. The second kappa shape index (κ2) is 8.29. The molecule has 1 amide bonds. The van der Waals surface area contributed by atoms with Crippen molar-refractivity contribution in [3.8, 4) is 0 Å². The Bertz CT molecular complexity index is 786. The van der Waals surface area contributed by atoms with Gasteiger partial charge in [0.05, 0.1) is 4.90 Å². The van der Waals surface area contributed by atoms with E-state index < -0.39 is 10.0 Å². The summed E-state index contributed by atoms with van der Waals surface area (Å²) in [6, 6.07) is 5.43. The molecule has 6 nitrogen and oxygen atoms in total. The summed E-state index contributed by atoms with van der Waals surface area (Å²) in [6.45, 7) is 5.78. The van der Waals surface area contributed by atoms with Gasteiger partial charge in [0.1, 0.15) is 0 Å². The van der Waals surface area contributed by atoms with E-state index in [2.05, 4.69) is 5.32 Å². The second-order valence-electron chi connectivity index (χ2n) is 7.79. The van der Waals surface area contributed by atoms with Crippen LogP contribution in [0.5, 0.6) is 0 Å². The fourth-order valence-corrected chi connectivity index (χ4v) is 5.82. The van der Waals surface area contributed by atoms with Crippen LogP contribution in [-0.2, 0) is 10.0 Å². The van der Waals surface area contributed by atoms with Gasteiger partial charge in [-0.1, -0.05) is 12.5 Å². The van der Waals surface area contributed by atoms with Gasteiger partial charge in [-0.15, -0.1) is 0 Å². The van der Waals surface area contributed by atoms with E-state index in [1.807, 2.05) is 25.8 Å². The third kappa shape index (κ3) is 4.20. The minimum absolute atomic E-state index is 0.00442. The fourth-order valence-electron chi connectivity index (χ4n) is 4.10. The molecule has 0 spiro atoms. The van der Waals surface area contributed by atoms with E-state index in [1.165, 1.54) is 0 Å². The lowest BCUT2D eigenvalue weighted by Crippen LogP contribution is -2.44. The molecular weight excluding hydrogens is 362 g/mol. The van der Waals surface area contributed by atoms with Crippen LogP contribution < -0.4 is 5.32 Å². The minimum atomic E-state index is -3.57. The molecule has 2 fully saturated rings. The number of rotatable bonds is 4. The van der Waals surface area contributed by atoms with Crippen LogP contribution in [0, 0.1) is 6.92 Å². The van der Waals surface area contributed by atoms with E-state index in [4.69, 9.17) is 0 Å². The number of aryl methyl sites for hydroxylation is 1. The zero-order valence-corrected chi connectivity index (χ0v) is 17.4. The molecule has 27 heavy (non-hydrogen) atoms. The molecule has 7 heteroatoms. The first-order valence-electron chi connectivity index (χ1n) is 9.93. The van der Waals surface area contributed by atoms with Crippen molar-refractivity contribution in [2.45, 2.75) is 62.9 Å². The average molecular weight is 394 g/mol. The van der Waals surface area contributed by atoms with E-state index >= 15 is 0 Å². The molecule has 1 aromatic rings. The quantitative estimate of drug-likeness (QED) is 0.853. The molecule has 0 aromatic heterocycles. The molecule has 2 aliphatic rings. The Morgan fingerprint density at radius 2 is 1.81 bits per heavy atom. The lowest BCUT2D eigenvalue weighted by atomic mass is 10.0. The predicted octanol–water partition coefficient (Wildman–Crippen LogP) is 2.38. The first-order valence-corrected chi connectivity index (χ1v) is 11.4. The van der Waals surface area contributed by atoms with E-state index in [0.717, 1.165) is 37.7 Å². The van der Waals surface area contributed by atoms with Gasteiger partial charge in [0, 0.05) is 37.3 Å². The molecule has 2 saturated heterocycles.